The summed E-state index contributed by atoms with van der Waals surface area (Å²) in [5.74, 6) is 1.86. The Morgan fingerprint density at radius 3 is 2.75 bits per heavy atom. The van der Waals surface area contributed by atoms with Gasteiger partial charge >= 0.3 is 0 Å². The number of halogens is 1. The first kappa shape index (κ1) is 10.9. The second kappa shape index (κ2) is 4.09. The Kier molecular flexibility index (Phi) is 2.78. The summed E-state index contributed by atoms with van der Waals surface area (Å²) in [5, 5.41) is 4.67. The molecule has 0 aliphatic rings. The van der Waals surface area contributed by atoms with Crippen molar-refractivity contribution in [3.05, 3.63) is 28.8 Å². The molecule has 2 aromatic rings. The van der Waals surface area contributed by atoms with Gasteiger partial charge < -0.3 is 5.73 Å². The zero-order valence-electron chi connectivity index (χ0n) is 9.11. The van der Waals surface area contributed by atoms with Crippen LogP contribution in [0.3, 0.4) is 0 Å². The van der Waals surface area contributed by atoms with Crippen LogP contribution in [0.4, 0.5) is 5.82 Å². The molecular formula is C10H12ClN5. The first-order valence-corrected chi connectivity index (χ1v) is 5.33. The van der Waals surface area contributed by atoms with Crippen molar-refractivity contribution in [2.45, 2.75) is 20.3 Å². The molecule has 0 radical (unpaired) electrons. The Balaban J connectivity index is 2.59. The lowest BCUT2D eigenvalue weighted by atomic mass is 10.3. The molecule has 0 aromatic carbocycles. The summed E-state index contributed by atoms with van der Waals surface area (Å²) < 4.78 is 1.61. The lowest BCUT2D eigenvalue weighted by Gasteiger charge is -2.08. The van der Waals surface area contributed by atoms with E-state index in [9.17, 15) is 0 Å². The Morgan fingerprint density at radius 1 is 1.44 bits per heavy atom. The standard InChI is InChI=1S/C10H12ClN5/c1-3-8-14-9(12)6(2)10(15-8)16-5-7(11)4-13-16/h4-5H,3H2,1-2H3,(H2,12,14,15). The normalized spacial score (nSPS) is 10.7. The molecule has 0 aliphatic carbocycles. The van der Waals surface area contributed by atoms with E-state index < -0.39 is 0 Å². The van der Waals surface area contributed by atoms with Gasteiger partial charge in [0.05, 0.1) is 17.4 Å². The van der Waals surface area contributed by atoms with Crippen molar-refractivity contribution in [3.8, 4) is 5.82 Å². The fraction of sp³-hybridized carbons (Fsp3) is 0.300. The van der Waals surface area contributed by atoms with Gasteiger partial charge in [0.25, 0.3) is 0 Å². The maximum absolute atomic E-state index is 5.82. The molecule has 2 heterocycles. The minimum Gasteiger partial charge on any atom is -0.383 e. The molecule has 0 bridgehead atoms. The zero-order valence-corrected chi connectivity index (χ0v) is 9.86. The molecule has 0 atom stereocenters. The van der Waals surface area contributed by atoms with E-state index in [1.807, 2.05) is 13.8 Å². The smallest absolute Gasteiger partial charge is 0.162 e. The molecule has 2 rings (SSSR count). The summed E-state index contributed by atoms with van der Waals surface area (Å²) in [6, 6.07) is 0. The van der Waals surface area contributed by atoms with Crippen LogP contribution in [0.15, 0.2) is 12.4 Å². The number of nitrogens with zero attached hydrogens (tertiary/aromatic N) is 4. The highest BCUT2D eigenvalue weighted by atomic mass is 35.5. The molecule has 0 aliphatic heterocycles. The highest BCUT2D eigenvalue weighted by molar-refractivity contribution is 6.30. The summed E-state index contributed by atoms with van der Waals surface area (Å²) in [4.78, 5) is 8.56. The molecule has 0 fully saturated rings. The largest absolute Gasteiger partial charge is 0.383 e. The van der Waals surface area contributed by atoms with Gasteiger partial charge in [-0.1, -0.05) is 18.5 Å². The number of hydrogen-bond acceptors (Lipinski definition) is 4. The third-order valence-corrected chi connectivity index (χ3v) is 2.48. The van der Waals surface area contributed by atoms with E-state index in [0.29, 0.717) is 22.5 Å². The second-order valence-corrected chi connectivity index (χ2v) is 3.87. The third kappa shape index (κ3) is 1.86. The molecule has 6 heteroatoms. The second-order valence-electron chi connectivity index (χ2n) is 3.43. The fourth-order valence-electron chi connectivity index (χ4n) is 1.37. The molecule has 0 saturated heterocycles. The monoisotopic (exact) mass is 237 g/mol. The molecule has 2 N–H and O–H groups in total. The number of aromatic nitrogens is 4. The van der Waals surface area contributed by atoms with Gasteiger partial charge in [-0.15, -0.1) is 0 Å². The molecule has 2 aromatic heterocycles. The van der Waals surface area contributed by atoms with E-state index in [-0.39, 0.29) is 0 Å². The van der Waals surface area contributed by atoms with E-state index in [0.717, 1.165) is 12.0 Å². The van der Waals surface area contributed by atoms with Crippen LogP contribution < -0.4 is 5.73 Å². The molecule has 84 valence electrons. The van der Waals surface area contributed by atoms with Crippen molar-refractivity contribution < 1.29 is 0 Å². The van der Waals surface area contributed by atoms with Gasteiger partial charge in [0.1, 0.15) is 11.6 Å². The van der Waals surface area contributed by atoms with Crippen LogP contribution in [0.1, 0.15) is 18.3 Å². The first-order valence-electron chi connectivity index (χ1n) is 4.95. The lowest BCUT2D eigenvalue weighted by Crippen LogP contribution is -2.09. The molecule has 16 heavy (non-hydrogen) atoms. The van der Waals surface area contributed by atoms with Gasteiger partial charge in [0.15, 0.2) is 5.82 Å². The van der Waals surface area contributed by atoms with Gasteiger partial charge in [-0.05, 0) is 6.92 Å². The quantitative estimate of drug-likeness (QED) is 0.864. The van der Waals surface area contributed by atoms with Crippen LogP contribution in [0.5, 0.6) is 0 Å². The Labute approximate surface area is 98.3 Å². The summed E-state index contributed by atoms with van der Waals surface area (Å²) >= 11 is 5.82. The minimum absolute atomic E-state index is 0.480. The van der Waals surface area contributed by atoms with Crippen LogP contribution in [-0.2, 0) is 6.42 Å². The number of anilines is 1. The minimum atomic E-state index is 0.480. The van der Waals surface area contributed by atoms with Crippen LogP contribution in [-0.4, -0.2) is 19.7 Å². The Morgan fingerprint density at radius 2 is 2.19 bits per heavy atom. The van der Waals surface area contributed by atoms with Gasteiger partial charge in [0, 0.05) is 12.0 Å². The Hall–Kier alpha value is -1.62. The average Bonchev–Trinajstić information content (AvgIpc) is 2.68. The van der Waals surface area contributed by atoms with Crippen molar-refractivity contribution in [3.63, 3.8) is 0 Å². The summed E-state index contributed by atoms with van der Waals surface area (Å²) in [6.07, 6.45) is 3.98. The topological polar surface area (TPSA) is 69.6 Å². The number of nitrogens with two attached hydrogens (primary N) is 1. The van der Waals surface area contributed by atoms with E-state index >= 15 is 0 Å². The maximum Gasteiger partial charge on any atom is 0.162 e. The molecular weight excluding hydrogens is 226 g/mol. The molecule has 0 unspecified atom stereocenters. The summed E-state index contributed by atoms with van der Waals surface area (Å²) in [5.41, 5.74) is 6.62. The van der Waals surface area contributed by atoms with Gasteiger partial charge in [-0.2, -0.15) is 5.10 Å². The predicted octanol–water partition coefficient (Wildman–Crippen LogP) is 1.77. The highest BCUT2D eigenvalue weighted by Gasteiger charge is 2.10. The number of nitrogen functional groups attached to an aromatic ring is 1. The maximum atomic E-state index is 5.82. The van der Waals surface area contributed by atoms with E-state index in [4.69, 9.17) is 17.3 Å². The van der Waals surface area contributed by atoms with Crippen molar-refractivity contribution in [1.29, 1.82) is 0 Å². The van der Waals surface area contributed by atoms with Gasteiger partial charge in [0.2, 0.25) is 0 Å². The first-order chi connectivity index (χ1) is 7.61. The van der Waals surface area contributed by atoms with Crippen LogP contribution in [0.25, 0.3) is 5.82 Å². The summed E-state index contributed by atoms with van der Waals surface area (Å²) in [6.45, 7) is 3.84. The van der Waals surface area contributed by atoms with Crippen molar-refractivity contribution in [2.24, 2.45) is 0 Å². The fourth-order valence-corrected chi connectivity index (χ4v) is 1.50. The zero-order chi connectivity index (χ0) is 11.7. The van der Waals surface area contributed by atoms with Crippen LogP contribution in [0, 0.1) is 6.92 Å². The highest BCUT2D eigenvalue weighted by Crippen LogP contribution is 2.17. The predicted molar refractivity (Wildman–Crippen MR) is 62.7 cm³/mol. The number of rotatable bonds is 2. The van der Waals surface area contributed by atoms with E-state index in [1.54, 1.807) is 17.1 Å². The van der Waals surface area contributed by atoms with Crippen LogP contribution >= 0.6 is 11.6 Å². The van der Waals surface area contributed by atoms with Gasteiger partial charge in [-0.3, -0.25) is 0 Å². The molecule has 0 amide bonds. The lowest BCUT2D eigenvalue weighted by molar-refractivity contribution is 0.805. The van der Waals surface area contributed by atoms with E-state index in [1.165, 1.54) is 0 Å². The average molecular weight is 238 g/mol. The molecule has 5 nitrogen and oxygen atoms in total. The van der Waals surface area contributed by atoms with Gasteiger partial charge in [-0.25, -0.2) is 14.6 Å². The van der Waals surface area contributed by atoms with E-state index in [2.05, 4.69) is 15.1 Å². The molecule has 0 saturated carbocycles. The van der Waals surface area contributed by atoms with Crippen molar-refractivity contribution >= 4 is 17.4 Å². The third-order valence-electron chi connectivity index (χ3n) is 2.29. The summed E-state index contributed by atoms with van der Waals surface area (Å²) in [7, 11) is 0. The Bertz CT molecular complexity index is 520. The molecule has 0 spiro atoms. The number of aryl methyl sites for hydroxylation is 1. The SMILES string of the molecule is CCc1nc(N)c(C)c(-n2cc(Cl)cn2)n1. The van der Waals surface area contributed by atoms with Crippen molar-refractivity contribution in [1.82, 2.24) is 19.7 Å². The van der Waals surface area contributed by atoms with Crippen molar-refractivity contribution in [2.75, 3.05) is 5.73 Å². The van der Waals surface area contributed by atoms with Crippen LogP contribution in [0.2, 0.25) is 5.02 Å². The number of hydrogen-bond donors (Lipinski definition) is 1.